The van der Waals surface area contributed by atoms with Crippen molar-refractivity contribution in [2.24, 2.45) is 5.41 Å². The first-order valence-corrected chi connectivity index (χ1v) is 9.62. The Balaban J connectivity index is 1.73. The normalized spacial score (nSPS) is 29.0. The summed E-state index contributed by atoms with van der Waals surface area (Å²) in [6, 6.07) is 0.535. The number of methoxy groups -OCH3 is 1. The topological polar surface area (TPSA) is 39.7 Å². The molecule has 1 fully saturated rings. The second kappa shape index (κ2) is 8.79. The van der Waals surface area contributed by atoms with E-state index in [2.05, 4.69) is 39.1 Å². The van der Waals surface area contributed by atoms with Gasteiger partial charge in [0, 0.05) is 32.6 Å². The fraction of sp³-hybridized carbons (Fsp3) is 0.900. The average Bonchev–Trinajstić information content (AvgIpc) is 2.93. The highest BCUT2D eigenvalue weighted by molar-refractivity contribution is 5.16. The van der Waals surface area contributed by atoms with Gasteiger partial charge in [-0.25, -0.2) is 0 Å². The molecule has 1 aliphatic carbocycles. The molecule has 0 amide bonds. The quantitative estimate of drug-likeness (QED) is 0.677. The minimum atomic E-state index is -0.348. The molecule has 4 nitrogen and oxygen atoms in total. The SMILES string of the molecule is CCC(CCOC)NCCC1COC2(CC=C(C(C)(C)C)CC2)O1. The van der Waals surface area contributed by atoms with Crippen molar-refractivity contribution >= 4 is 0 Å². The minimum absolute atomic E-state index is 0.224. The van der Waals surface area contributed by atoms with Gasteiger partial charge in [0.15, 0.2) is 5.79 Å². The summed E-state index contributed by atoms with van der Waals surface area (Å²) in [5.41, 5.74) is 1.80. The molecule has 1 spiro atoms. The van der Waals surface area contributed by atoms with Gasteiger partial charge in [-0.15, -0.1) is 0 Å². The number of nitrogens with one attached hydrogen (secondary N) is 1. The highest BCUT2D eigenvalue weighted by Gasteiger charge is 2.42. The van der Waals surface area contributed by atoms with Crippen LogP contribution in [0.15, 0.2) is 11.6 Å². The van der Waals surface area contributed by atoms with E-state index in [0.717, 1.165) is 58.3 Å². The van der Waals surface area contributed by atoms with Gasteiger partial charge < -0.3 is 19.5 Å². The van der Waals surface area contributed by atoms with Gasteiger partial charge in [0.2, 0.25) is 0 Å². The zero-order chi connectivity index (χ0) is 17.6. The van der Waals surface area contributed by atoms with Crippen LogP contribution >= 0.6 is 0 Å². The lowest BCUT2D eigenvalue weighted by Gasteiger charge is -2.35. The fourth-order valence-corrected chi connectivity index (χ4v) is 3.65. The average molecular weight is 340 g/mol. The molecule has 1 heterocycles. The molecule has 1 N–H and O–H groups in total. The van der Waals surface area contributed by atoms with E-state index in [4.69, 9.17) is 14.2 Å². The smallest absolute Gasteiger partial charge is 0.172 e. The lowest BCUT2D eigenvalue weighted by atomic mass is 9.79. The number of ether oxygens (including phenoxy) is 3. The molecule has 0 aromatic rings. The zero-order valence-electron chi connectivity index (χ0n) is 16.3. The Bertz CT molecular complexity index is 416. The summed E-state index contributed by atoms with van der Waals surface area (Å²) < 4.78 is 17.6. The van der Waals surface area contributed by atoms with E-state index in [-0.39, 0.29) is 17.3 Å². The summed E-state index contributed by atoms with van der Waals surface area (Å²) in [6.45, 7) is 11.6. The second-order valence-electron chi connectivity index (χ2n) is 8.27. The van der Waals surface area contributed by atoms with Gasteiger partial charge in [-0.2, -0.15) is 0 Å². The van der Waals surface area contributed by atoms with Gasteiger partial charge in [-0.3, -0.25) is 0 Å². The van der Waals surface area contributed by atoms with E-state index < -0.39 is 0 Å². The molecule has 0 bridgehead atoms. The summed E-state index contributed by atoms with van der Waals surface area (Å²) in [4.78, 5) is 0. The van der Waals surface area contributed by atoms with Crippen LogP contribution < -0.4 is 5.32 Å². The van der Waals surface area contributed by atoms with E-state index in [1.807, 2.05) is 0 Å². The number of hydrogen-bond acceptors (Lipinski definition) is 4. The van der Waals surface area contributed by atoms with E-state index in [0.29, 0.717) is 6.04 Å². The molecule has 0 aromatic carbocycles. The first kappa shape index (κ1) is 19.9. The Labute approximate surface area is 148 Å². The van der Waals surface area contributed by atoms with Crippen LogP contribution in [0, 0.1) is 5.41 Å². The largest absolute Gasteiger partial charge is 0.385 e. The Morgan fingerprint density at radius 2 is 2.21 bits per heavy atom. The number of hydrogen-bond donors (Lipinski definition) is 1. The highest BCUT2D eigenvalue weighted by Crippen LogP contribution is 2.42. The van der Waals surface area contributed by atoms with Crippen LogP contribution in [0.3, 0.4) is 0 Å². The van der Waals surface area contributed by atoms with E-state index in [9.17, 15) is 0 Å². The van der Waals surface area contributed by atoms with Gasteiger partial charge in [0.25, 0.3) is 0 Å². The molecule has 3 unspecified atom stereocenters. The first-order chi connectivity index (χ1) is 11.4. The molecule has 2 rings (SSSR count). The van der Waals surface area contributed by atoms with Crippen molar-refractivity contribution in [2.75, 3.05) is 26.9 Å². The minimum Gasteiger partial charge on any atom is -0.385 e. The van der Waals surface area contributed by atoms with Crippen LogP contribution in [0.2, 0.25) is 0 Å². The predicted octanol–water partition coefficient (Wildman–Crippen LogP) is 4.05. The molecular formula is C20H37NO3. The van der Waals surface area contributed by atoms with Crippen molar-refractivity contribution < 1.29 is 14.2 Å². The third kappa shape index (κ3) is 5.55. The number of allylic oxidation sites excluding steroid dienone is 1. The summed E-state index contributed by atoms with van der Waals surface area (Å²) >= 11 is 0. The van der Waals surface area contributed by atoms with Crippen LogP contribution in [0.1, 0.15) is 66.2 Å². The molecule has 0 aromatic heterocycles. The lowest BCUT2D eigenvalue weighted by Crippen LogP contribution is -2.35. The second-order valence-corrected chi connectivity index (χ2v) is 8.27. The Hall–Kier alpha value is -0.420. The van der Waals surface area contributed by atoms with E-state index >= 15 is 0 Å². The standard InChI is InChI=1S/C20H37NO3/c1-6-17(10-14-22-5)21-13-9-18-15-23-20(24-18)11-7-16(8-12-20)19(2,3)4/h7,17-18,21H,6,8-15H2,1-5H3. The van der Waals surface area contributed by atoms with E-state index in [1.54, 1.807) is 7.11 Å². The Morgan fingerprint density at radius 3 is 2.79 bits per heavy atom. The van der Waals surface area contributed by atoms with Crippen molar-refractivity contribution in [2.45, 2.75) is 84.2 Å². The molecular weight excluding hydrogens is 302 g/mol. The summed E-state index contributed by atoms with van der Waals surface area (Å²) in [5, 5.41) is 3.62. The summed E-state index contributed by atoms with van der Waals surface area (Å²) in [7, 11) is 1.76. The van der Waals surface area contributed by atoms with Crippen LogP contribution in [-0.2, 0) is 14.2 Å². The van der Waals surface area contributed by atoms with Crippen molar-refractivity contribution in [3.8, 4) is 0 Å². The molecule has 4 heteroatoms. The summed E-state index contributed by atoms with van der Waals surface area (Å²) in [5.74, 6) is -0.348. The Morgan fingerprint density at radius 1 is 1.42 bits per heavy atom. The van der Waals surface area contributed by atoms with Crippen LogP contribution in [0.25, 0.3) is 0 Å². The maximum atomic E-state index is 6.32. The van der Waals surface area contributed by atoms with Gasteiger partial charge in [-0.1, -0.05) is 39.3 Å². The number of rotatable bonds is 8. The van der Waals surface area contributed by atoms with Gasteiger partial charge in [0.05, 0.1) is 12.7 Å². The maximum absolute atomic E-state index is 6.32. The third-order valence-corrected chi connectivity index (χ3v) is 5.37. The van der Waals surface area contributed by atoms with Crippen molar-refractivity contribution in [1.29, 1.82) is 0 Å². The lowest BCUT2D eigenvalue weighted by molar-refractivity contribution is -0.173. The Kier molecular flexibility index (Phi) is 7.29. The molecule has 3 atom stereocenters. The van der Waals surface area contributed by atoms with Crippen LogP contribution in [0.4, 0.5) is 0 Å². The van der Waals surface area contributed by atoms with Crippen molar-refractivity contribution in [3.05, 3.63) is 11.6 Å². The first-order valence-electron chi connectivity index (χ1n) is 9.62. The fourth-order valence-electron chi connectivity index (χ4n) is 3.65. The summed E-state index contributed by atoms with van der Waals surface area (Å²) in [6.07, 6.45) is 8.77. The monoisotopic (exact) mass is 339 g/mol. The molecule has 0 saturated carbocycles. The van der Waals surface area contributed by atoms with Crippen LogP contribution in [0.5, 0.6) is 0 Å². The highest BCUT2D eigenvalue weighted by atomic mass is 16.7. The van der Waals surface area contributed by atoms with E-state index in [1.165, 1.54) is 5.57 Å². The zero-order valence-corrected chi connectivity index (χ0v) is 16.3. The maximum Gasteiger partial charge on any atom is 0.172 e. The third-order valence-electron chi connectivity index (χ3n) is 5.37. The molecule has 140 valence electrons. The molecule has 1 saturated heterocycles. The predicted molar refractivity (Wildman–Crippen MR) is 98.1 cm³/mol. The van der Waals surface area contributed by atoms with Crippen molar-refractivity contribution in [1.82, 2.24) is 5.32 Å². The van der Waals surface area contributed by atoms with Crippen LogP contribution in [-0.4, -0.2) is 44.8 Å². The van der Waals surface area contributed by atoms with Gasteiger partial charge in [-0.05, 0) is 37.6 Å². The van der Waals surface area contributed by atoms with Gasteiger partial charge >= 0.3 is 0 Å². The molecule has 2 aliphatic rings. The van der Waals surface area contributed by atoms with Crippen molar-refractivity contribution in [3.63, 3.8) is 0 Å². The molecule has 1 aliphatic heterocycles. The molecule has 0 radical (unpaired) electrons. The van der Waals surface area contributed by atoms with Gasteiger partial charge in [0.1, 0.15) is 0 Å². The molecule has 24 heavy (non-hydrogen) atoms.